The summed E-state index contributed by atoms with van der Waals surface area (Å²) in [6.07, 6.45) is 2.21. The van der Waals surface area contributed by atoms with Gasteiger partial charge in [-0.15, -0.1) is 0 Å². The molecule has 0 radical (unpaired) electrons. The summed E-state index contributed by atoms with van der Waals surface area (Å²) < 4.78 is 0. The van der Waals surface area contributed by atoms with E-state index in [9.17, 15) is 0 Å². The summed E-state index contributed by atoms with van der Waals surface area (Å²) in [5.74, 6) is 0. The van der Waals surface area contributed by atoms with E-state index in [2.05, 4.69) is 189 Å². The number of benzene rings is 8. The molecule has 0 spiro atoms. The molecule has 0 fully saturated rings. The molecule has 0 amide bonds. The van der Waals surface area contributed by atoms with Crippen LogP contribution in [0.4, 0.5) is 0 Å². The molecule has 8 aromatic carbocycles. The zero-order chi connectivity index (χ0) is 34.5. The van der Waals surface area contributed by atoms with Crippen LogP contribution in [0.1, 0.15) is 47.7 Å². The van der Waals surface area contributed by atoms with Crippen LogP contribution in [0.15, 0.2) is 170 Å². The lowest BCUT2D eigenvalue weighted by molar-refractivity contribution is 0.661. The molecule has 9 rings (SSSR count). The van der Waals surface area contributed by atoms with E-state index in [1.54, 1.807) is 0 Å². The van der Waals surface area contributed by atoms with Gasteiger partial charge in [-0.1, -0.05) is 153 Å². The molecular weight excluding hydrogens is 617 g/mol. The highest BCUT2D eigenvalue weighted by Gasteiger charge is 2.37. The fourth-order valence-corrected chi connectivity index (χ4v) is 8.25. The lowest BCUT2D eigenvalue weighted by Crippen LogP contribution is -2.16. The number of nitrogens with one attached hydrogen (secondary N) is 1. The quantitative estimate of drug-likeness (QED) is 0.168. The normalized spacial score (nSPS) is 14.1. The molecule has 1 aliphatic carbocycles. The van der Waals surface area contributed by atoms with Gasteiger partial charge in [0.2, 0.25) is 0 Å². The summed E-state index contributed by atoms with van der Waals surface area (Å²) in [6, 6.07) is 59.0. The van der Waals surface area contributed by atoms with Crippen LogP contribution in [0, 0.1) is 0 Å². The molecule has 2 nitrogen and oxygen atoms in total. The minimum absolute atomic E-state index is 0.0972. The highest BCUT2D eigenvalue weighted by molar-refractivity contribution is 6.09. The van der Waals surface area contributed by atoms with E-state index in [1.807, 2.05) is 0 Å². The molecular formula is C49H40N2. The maximum Gasteiger partial charge on any atom is 0.0510 e. The van der Waals surface area contributed by atoms with Gasteiger partial charge >= 0.3 is 0 Å². The van der Waals surface area contributed by atoms with Gasteiger partial charge in [0.1, 0.15) is 0 Å². The monoisotopic (exact) mass is 656 g/mol. The molecule has 0 aromatic heterocycles. The SMILES string of the molecule is CC1(C)c2cc3ccccc3cc2-c2c(-c3cccc(/C(=C/C(N)c4cc5ccccc5c5ccccc45)NCc4ccccc4)c3)cccc21. The number of rotatable bonds is 7. The van der Waals surface area contributed by atoms with Crippen molar-refractivity contribution in [3.8, 4) is 22.3 Å². The van der Waals surface area contributed by atoms with Crippen molar-refractivity contribution in [1.29, 1.82) is 0 Å². The average Bonchev–Trinajstić information content (AvgIpc) is 3.40. The molecule has 3 N–H and O–H groups in total. The Morgan fingerprint density at radius 3 is 2.06 bits per heavy atom. The largest absolute Gasteiger partial charge is 0.381 e. The average molecular weight is 657 g/mol. The maximum absolute atomic E-state index is 7.19. The summed E-state index contributed by atoms with van der Waals surface area (Å²) in [4.78, 5) is 0. The second kappa shape index (κ2) is 12.4. The summed E-state index contributed by atoms with van der Waals surface area (Å²) in [7, 11) is 0. The topological polar surface area (TPSA) is 38.0 Å². The Morgan fingerprint density at radius 2 is 1.25 bits per heavy atom. The molecule has 51 heavy (non-hydrogen) atoms. The molecule has 0 heterocycles. The molecule has 0 saturated carbocycles. The smallest absolute Gasteiger partial charge is 0.0510 e. The van der Waals surface area contributed by atoms with Gasteiger partial charge in [0.15, 0.2) is 0 Å². The minimum atomic E-state index is -0.330. The van der Waals surface area contributed by atoms with Crippen molar-refractivity contribution in [2.45, 2.75) is 31.8 Å². The number of fused-ring (bicyclic) bond motifs is 7. The van der Waals surface area contributed by atoms with E-state index in [4.69, 9.17) is 5.73 Å². The zero-order valence-corrected chi connectivity index (χ0v) is 29.0. The first-order valence-corrected chi connectivity index (χ1v) is 17.9. The third-order valence-electron chi connectivity index (χ3n) is 10.9. The molecule has 1 unspecified atom stereocenters. The lowest BCUT2D eigenvalue weighted by atomic mass is 9.81. The van der Waals surface area contributed by atoms with Crippen molar-refractivity contribution >= 4 is 38.0 Å². The first-order chi connectivity index (χ1) is 25.0. The molecule has 0 bridgehead atoms. The van der Waals surface area contributed by atoms with Crippen molar-refractivity contribution in [3.05, 3.63) is 198 Å². The first kappa shape index (κ1) is 31.1. The van der Waals surface area contributed by atoms with E-state index in [-0.39, 0.29) is 11.5 Å². The van der Waals surface area contributed by atoms with Crippen molar-refractivity contribution in [2.75, 3.05) is 0 Å². The van der Waals surface area contributed by atoms with Crippen LogP contribution in [0.3, 0.4) is 0 Å². The van der Waals surface area contributed by atoms with Crippen LogP contribution in [0.25, 0.3) is 60.3 Å². The molecule has 0 aliphatic heterocycles. The van der Waals surface area contributed by atoms with Gasteiger partial charge in [-0.3, -0.25) is 0 Å². The Labute approximate surface area is 299 Å². The summed E-state index contributed by atoms with van der Waals surface area (Å²) >= 11 is 0. The van der Waals surface area contributed by atoms with Crippen LogP contribution in [0.5, 0.6) is 0 Å². The maximum atomic E-state index is 7.19. The highest BCUT2D eigenvalue weighted by Crippen LogP contribution is 2.53. The predicted octanol–water partition coefficient (Wildman–Crippen LogP) is 12.0. The van der Waals surface area contributed by atoms with E-state index in [0.717, 1.165) is 16.8 Å². The predicted molar refractivity (Wildman–Crippen MR) is 217 cm³/mol. The summed E-state index contributed by atoms with van der Waals surface area (Å²) in [5, 5.41) is 11.2. The van der Waals surface area contributed by atoms with Gasteiger partial charge in [-0.25, -0.2) is 0 Å². The van der Waals surface area contributed by atoms with Crippen LogP contribution < -0.4 is 11.1 Å². The number of hydrogen-bond acceptors (Lipinski definition) is 2. The summed E-state index contributed by atoms with van der Waals surface area (Å²) in [5.41, 5.74) is 19.4. The van der Waals surface area contributed by atoms with Gasteiger partial charge in [0.05, 0.1) is 6.04 Å². The van der Waals surface area contributed by atoms with Gasteiger partial charge in [0, 0.05) is 17.7 Å². The Bertz CT molecular complexity index is 2630. The van der Waals surface area contributed by atoms with Crippen LogP contribution in [-0.2, 0) is 12.0 Å². The van der Waals surface area contributed by atoms with Crippen molar-refractivity contribution < 1.29 is 0 Å². The van der Waals surface area contributed by atoms with Crippen LogP contribution >= 0.6 is 0 Å². The van der Waals surface area contributed by atoms with E-state index in [1.165, 1.54) is 71.3 Å². The second-order valence-corrected chi connectivity index (χ2v) is 14.4. The molecule has 1 aliphatic rings. The van der Waals surface area contributed by atoms with Gasteiger partial charge in [-0.2, -0.15) is 0 Å². The van der Waals surface area contributed by atoms with Crippen molar-refractivity contribution in [1.82, 2.24) is 5.32 Å². The minimum Gasteiger partial charge on any atom is -0.381 e. The van der Waals surface area contributed by atoms with Crippen LogP contribution in [-0.4, -0.2) is 0 Å². The third-order valence-corrected chi connectivity index (χ3v) is 10.9. The second-order valence-electron chi connectivity index (χ2n) is 14.4. The lowest BCUT2D eigenvalue weighted by Gasteiger charge is -2.22. The number of hydrogen-bond donors (Lipinski definition) is 2. The Balaban J connectivity index is 1.18. The van der Waals surface area contributed by atoms with Gasteiger partial charge in [-0.05, 0) is 113 Å². The highest BCUT2D eigenvalue weighted by atomic mass is 14.9. The molecule has 0 saturated heterocycles. The summed E-state index contributed by atoms with van der Waals surface area (Å²) in [6.45, 7) is 5.41. The first-order valence-electron chi connectivity index (χ1n) is 17.9. The molecule has 1 atom stereocenters. The van der Waals surface area contributed by atoms with Gasteiger partial charge < -0.3 is 11.1 Å². The van der Waals surface area contributed by atoms with Crippen molar-refractivity contribution in [3.63, 3.8) is 0 Å². The third kappa shape index (κ3) is 5.40. The molecule has 2 heteroatoms. The van der Waals surface area contributed by atoms with Crippen molar-refractivity contribution in [2.24, 2.45) is 5.73 Å². The van der Waals surface area contributed by atoms with E-state index < -0.39 is 0 Å². The fraction of sp³-hybridized carbons (Fsp3) is 0.102. The van der Waals surface area contributed by atoms with Crippen LogP contribution in [0.2, 0.25) is 0 Å². The zero-order valence-electron chi connectivity index (χ0n) is 29.0. The Hall–Kier alpha value is -5.96. The molecule has 246 valence electrons. The number of nitrogens with two attached hydrogens (primary N) is 1. The standard InChI is InChI=1S/C49H40N2/c1-49(2)44-25-13-24-39(48(44)43-27-33-16-6-7-17-34(33)29-45(43)49)35-19-12-20-37(26-35)47(51-31-32-14-4-3-5-15-32)30-46(50)42-28-36-18-8-9-21-38(36)40-22-10-11-23-41(40)42/h3-30,46,51H,31,50H2,1-2H3/b47-30-. The Morgan fingerprint density at radius 1 is 0.588 bits per heavy atom. The van der Waals surface area contributed by atoms with Gasteiger partial charge in [0.25, 0.3) is 0 Å². The van der Waals surface area contributed by atoms with E-state index in [0.29, 0.717) is 6.54 Å². The fourth-order valence-electron chi connectivity index (χ4n) is 8.25. The Kier molecular flexibility index (Phi) is 7.56. The molecule has 8 aromatic rings. The van der Waals surface area contributed by atoms with E-state index >= 15 is 0 Å².